The Kier molecular flexibility index (Phi) is 6.23. The molecule has 1 rings (SSSR count). The lowest BCUT2D eigenvalue weighted by molar-refractivity contribution is -0.284. The number of nitro groups is 1. The van der Waals surface area contributed by atoms with Gasteiger partial charge >= 0.3 is 0 Å². The monoisotopic (exact) mass is 234 g/mol. The fourth-order valence-corrected chi connectivity index (χ4v) is 1.49. The molecule has 78 valence electrons. The molecule has 1 aromatic rings. The summed E-state index contributed by atoms with van der Waals surface area (Å²) < 4.78 is -0.504. The van der Waals surface area contributed by atoms with Crippen molar-refractivity contribution in [3.05, 3.63) is 33.1 Å². The van der Waals surface area contributed by atoms with E-state index in [0.29, 0.717) is 16.8 Å². The summed E-state index contributed by atoms with van der Waals surface area (Å²) in [5.74, 6) is 0. The lowest BCUT2D eigenvalue weighted by atomic mass is 10.3. The Morgan fingerprint density at radius 2 is 2.14 bits per heavy atom. The van der Waals surface area contributed by atoms with E-state index in [0.717, 1.165) is 5.56 Å². The van der Waals surface area contributed by atoms with Gasteiger partial charge in [0.15, 0.2) is 0 Å². The molecule has 1 heterocycles. The number of aryl methyl sites for hydroxylation is 1. The van der Waals surface area contributed by atoms with E-state index < -0.39 is 4.33 Å². The third-order valence-corrected chi connectivity index (χ3v) is 2.47. The molecule has 0 N–H and O–H groups in total. The summed E-state index contributed by atoms with van der Waals surface area (Å²) in [6.07, 6.45) is 1.52. The van der Waals surface area contributed by atoms with Crippen LogP contribution in [0.5, 0.6) is 0 Å². The molecule has 0 aromatic carbocycles. The van der Waals surface area contributed by atoms with E-state index in [-0.39, 0.29) is 5.15 Å². The summed E-state index contributed by atoms with van der Waals surface area (Å²) in [6.45, 7) is 5.75. The molecule has 0 aliphatic heterocycles. The Balaban J connectivity index is 0.000000791. The topological polar surface area (TPSA) is 56.0 Å². The van der Waals surface area contributed by atoms with E-state index in [1.165, 1.54) is 6.20 Å². The second-order valence-electron chi connectivity index (χ2n) is 2.06. The van der Waals surface area contributed by atoms with Crippen LogP contribution in [-0.4, -0.2) is 9.31 Å². The molecule has 0 bridgehead atoms. The first-order valence-electron chi connectivity index (χ1n) is 4.04. The van der Waals surface area contributed by atoms with E-state index in [9.17, 15) is 10.1 Å². The van der Waals surface area contributed by atoms with Gasteiger partial charge in [0.1, 0.15) is 14.4 Å². The molecule has 0 aliphatic rings. The van der Waals surface area contributed by atoms with E-state index >= 15 is 0 Å². The number of halogens is 1. The molecule has 0 atom stereocenters. The Morgan fingerprint density at radius 1 is 1.57 bits per heavy atom. The number of rotatable bonds is 2. The zero-order valence-corrected chi connectivity index (χ0v) is 9.72. The molecule has 0 spiro atoms. The fraction of sp³-hybridized carbons (Fsp3) is 0.375. The highest BCUT2D eigenvalue weighted by Gasteiger charge is 2.13. The summed E-state index contributed by atoms with van der Waals surface area (Å²) in [5, 5.41) is 10.3. The molecule has 0 aliphatic carbocycles. The van der Waals surface area contributed by atoms with Gasteiger partial charge in [0.05, 0.1) is 0 Å². The highest BCUT2D eigenvalue weighted by Crippen LogP contribution is 2.28. The number of pyridine rings is 1. The van der Waals surface area contributed by atoms with Crippen LogP contribution in [0.2, 0.25) is 5.15 Å². The summed E-state index contributed by atoms with van der Waals surface area (Å²) in [7, 11) is 0. The first kappa shape index (κ1) is 13.2. The number of hydrogen-bond acceptors (Lipinski definition) is 4. The highest BCUT2D eigenvalue weighted by molar-refractivity contribution is 7.93. The smallest absolute Gasteiger partial charge is 0.250 e. The second-order valence-corrected chi connectivity index (χ2v) is 3.31. The molecule has 0 amide bonds. The quantitative estimate of drug-likeness (QED) is 0.341. The van der Waals surface area contributed by atoms with Crippen molar-refractivity contribution in [3.8, 4) is 0 Å². The van der Waals surface area contributed by atoms with Crippen LogP contribution in [0.25, 0.3) is 0 Å². The zero-order valence-electron chi connectivity index (χ0n) is 8.15. The van der Waals surface area contributed by atoms with E-state index in [4.69, 9.17) is 11.6 Å². The Morgan fingerprint density at radius 3 is 2.57 bits per heavy atom. The van der Waals surface area contributed by atoms with Crippen molar-refractivity contribution in [2.24, 2.45) is 0 Å². The predicted molar refractivity (Wildman–Crippen MR) is 58.2 cm³/mol. The van der Waals surface area contributed by atoms with Crippen molar-refractivity contribution in [2.75, 3.05) is 0 Å². The van der Waals surface area contributed by atoms with Gasteiger partial charge in [-0.25, -0.2) is 4.98 Å². The average molecular weight is 235 g/mol. The van der Waals surface area contributed by atoms with Crippen LogP contribution < -0.4 is 0 Å². The van der Waals surface area contributed by atoms with Gasteiger partial charge in [-0.2, -0.15) is 0 Å². The zero-order chi connectivity index (χ0) is 11.1. The van der Waals surface area contributed by atoms with E-state index in [1.54, 1.807) is 13.0 Å². The van der Waals surface area contributed by atoms with E-state index in [2.05, 4.69) is 4.98 Å². The van der Waals surface area contributed by atoms with Crippen molar-refractivity contribution in [3.63, 3.8) is 0 Å². The molecular weight excluding hydrogens is 224 g/mol. The summed E-state index contributed by atoms with van der Waals surface area (Å²) in [4.78, 5) is 14.3. The van der Waals surface area contributed by atoms with Gasteiger partial charge < -0.3 is 0 Å². The van der Waals surface area contributed by atoms with Crippen molar-refractivity contribution >= 4 is 23.5 Å². The van der Waals surface area contributed by atoms with Crippen LogP contribution in [0.3, 0.4) is 0 Å². The molecule has 0 saturated heterocycles. The van der Waals surface area contributed by atoms with Gasteiger partial charge in [-0.15, -0.1) is 0 Å². The van der Waals surface area contributed by atoms with Crippen LogP contribution in [0, 0.1) is 17.0 Å². The number of hydrogen-bond donors (Lipinski definition) is 0. The lowest BCUT2D eigenvalue weighted by Gasteiger charge is -1.98. The first-order valence-corrected chi connectivity index (χ1v) is 5.20. The summed E-state index contributed by atoms with van der Waals surface area (Å²) in [6, 6.07) is 1.68. The largest absolute Gasteiger partial charge is 0.269 e. The van der Waals surface area contributed by atoms with Crippen LogP contribution in [0.15, 0.2) is 17.2 Å². The lowest BCUT2D eigenvalue weighted by Crippen LogP contribution is -1.89. The van der Waals surface area contributed by atoms with Crippen LogP contribution >= 0.6 is 23.5 Å². The van der Waals surface area contributed by atoms with Crippen molar-refractivity contribution < 1.29 is 4.33 Å². The maximum absolute atomic E-state index is 10.2. The molecule has 6 heteroatoms. The molecule has 0 saturated carbocycles. The fourth-order valence-electron chi connectivity index (χ4n) is 0.696. The Labute approximate surface area is 92.0 Å². The van der Waals surface area contributed by atoms with Crippen LogP contribution in [0.4, 0.5) is 0 Å². The van der Waals surface area contributed by atoms with Crippen molar-refractivity contribution in [1.29, 1.82) is 0 Å². The highest BCUT2D eigenvalue weighted by atomic mass is 35.5. The van der Waals surface area contributed by atoms with Crippen molar-refractivity contribution in [1.82, 2.24) is 4.98 Å². The summed E-state index contributed by atoms with van der Waals surface area (Å²) in [5.41, 5.74) is 0.761. The summed E-state index contributed by atoms with van der Waals surface area (Å²) >= 11 is 6.12. The third-order valence-electron chi connectivity index (χ3n) is 1.22. The molecular formula is C8H11ClN2O2S. The average Bonchev–Trinajstić information content (AvgIpc) is 2.15. The molecule has 0 fully saturated rings. The second kappa shape index (κ2) is 6.62. The van der Waals surface area contributed by atoms with Gasteiger partial charge in [-0.05, 0) is 18.6 Å². The number of nitrogens with zero attached hydrogens (tertiary/aromatic N) is 2. The minimum atomic E-state index is -0.504. The molecule has 4 nitrogen and oxygen atoms in total. The van der Waals surface area contributed by atoms with E-state index in [1.807, 2.05) is 13.8 Å². The minimum Gasteiger partial charge on any atom is -0.250 e. The minimum absolute atomic E-state index is 0.178. The maximum Gasteiger partial charge on any atom is 0.269 e. The standard InChI is InChI=1S/C6H5ClN2O2S.C2H6/c1-4-2-3-8-6(7)5(4)12-9(10)11;1-2/h2-3H,1H3;1-2H3. The first-order chi connectivity index (χ1) is 6.61. The van der Waals surface area contributed by atoms with Gasteiger partial charge in [0.25, 0.3) is 11.9 Å². The maximum atomic E-state index is 10.2. The Bertz CT molecular complexity index is 300. The van der Waals surface area contributed by atoms with Gasteiger partial charge in [-0.3, -0.25) is 10.1 Å². The molecule has 14 heavy (non-hydrogen) atoms. The predicted octanol–water partition coefficient (Wildman–Crippen LogP) is 3.35. The number of aromatic nitrogens is 1. The molecule has 1 aromatic heterocycles. The van der Waals surface area contributed by atoms with Gasteiger partial charge in [-0.1, -0.05) is 25.4 Å². The van der Waals surface area contributed by atoms with Gasteiger partial charge in [0, 0.05) is 6.20 Å². The third kappa shape index (κ3) is 3.93. The van der Waals surface area contributed by atoms with Crippen LogP contribution in [0.1, 0.15) is 19.4 Å². The SMILES string of the molecule is CC.Cc1ccnc(Cl)c1S[N+](=O)[O-]. The Hall–Kier alpha value is -0.810. The molecule has 0 unspecified atom stereocenters. The van der Waals surface area contributed by atoms with Crippen molar-refractivity contribution in [2.45, 2.75) is 25.7 Å². The van der Waals surface area contributed by atoms with Gasteiger partial charge in [0.2, 0.25) is 0 Å². The molecule has 0 radical (unpaired) electrons. The normalized spacial score (nSPS) is 8.86. The van der Waals surface area contributed by atoms with Crippen LogP contribution in [-0.2, 0) is 0 Å².